The molecule has 476 valence electrons. The zero-order chi connectivity index (χ0) is 63.1. The number of phenolic OH excluding ortho intramolecular Hbond substituents is 1. The van der Waals surface area contributed by atoms with Crippen LogP contribution in [0.3, 0.4) is 0 Å². The van der Waals surface area contributed by atoms with Crippen molar-refractivity contribution in [1.82, 2.24) is 46.8 Å². The highest BCUT2D eigenvalue weighted by molar-refractivity contribution is 5.98. The SMILES string of the molecule is NC(N)=NCCC[C@H](NC(=O)[C@H](Cc1cnc[nH]1)NC(=O)[C@H](CC1CCCCC1)NC(=O)[C@@H]1CCCN1C(=O)C(NC(=O)[C@H](CCCN=C(N)N)NC(=O)[C@@H](N)Cc1ccc2ccccc2c1)C1CCCCC1)C(=O)N[C@@H](Cc1ccc(O)cc1)C(=O)O. The molecule has 8 atom stereocenters. The quantitative estimate of drug-likeness (QED) is 0.0192. The number of carboxylic acids is 1. The van der Waals surface area contributed by atoms with Crippen molar-refractivity contribution in [2.24, 2.45) is 50.5 Å². The van der Waals surface area contributed by atoms with Crippen molar-refractivity contribution >= 4 is 70.0 Å². The summed E-state index contributed by atoms with van der Waals surface area (Å²) >= 11 is 0. The van der Waals surface area contributed by atoms with E-state index in [9.17, 15) is 43.8 Å². The molecule has 3 aromatic carbocycles. The van der Waals surface area contributed by atoms with Gasteiger partial charge in [-0.3, -0.25) is 43.5 Å². The molecule has 2 aliphatic carbocycles. The summed E-state index contributed by atoms with van der Waals surface area (Å²) in [5.41, 5.74) is 30.6. The molecular weight excluding hydrogens is 1130 g/mol. The third kappa shape index (κ3) is 20.4. The zero-order valence-electron chi connectivity index (χ0n) is 49.9. The smallest absolute Gasteiger partial charge is 0.326 e. The molecule has 7 rings (SSSR count). The summed E-state index contributed by atoms with van der Waals surface area (Å²) in [6.07, 6.45) is 12.5. The number of hydrogen-bond acceptors (Lipinski definition) is 13. The van der Waals surface area contributed by atoms with Gasteiger partial charge in [-0.2, -0.15) is 0 Å². The monoisotopic (exact) mass is 1220 g/mol. The average Bonchev–Trinajstić information content (AvgIpc) is 3.07. The minimum Gasteiger partial charge on any atom is -0.508 e. The maximum absolute atomic E-state index is 15.2. The number of aliphatic imine (C=N–C) groups is 2. The van der Waals surface area contributed by atoms with E-state index in [1.54, 1.807) is 0 Å². The van der Waals surface area contributed by atoms with E-state index in [0.29, 0.717) is 36.9 Å². The molecule has 1 aromatic heterocycles. The van der Waals surface area contributed by atoms with Crippen LogP contribution in [0.25, 0.3) is 10.8 Å². The van der Waals surface area contributed by atoms with Gasteiger partial charge in [-0.25, -0.2) is 9.78 Å². The number of fused-ring (bicyclic) bond motifs is 1. The lowest BCUT2D eigenvalue weighted by Gasteiger charge is -2.36. The van der Waals surface area contributed by atoms with Crippen molar-refractivity contribution in [2.75, 3.05) is 19.6 Å². The first-order valence-corrected chi connectivity index (χ1v) is 30.8. The van der Waals surface area contributed by atoms with E-state index in [0.717, 1.165) is 67.7 Å². The van der Waals surface area contributed by atoms with E-state index in [4.69, 9.17) is 28.7 Å². The number of nitrogens with zero attached hydrogens (tertiary/aromatic N) is 4. The van der Waals surface area contributed by atoms with Gasteiger partial charge in [-0.15, -0.1) is 0 Å². The lowest BCUT2D eigenvalue weighted by molar-refractivity contribution is -0.144. The normalized spacial score (nSPS) is 17.8. The van der Waals surface area contributed by atoms with Crippen LogP contribution in [0.4, 0.5) is 0 Å². The number of aromatic amines is 1. The van der Waals surface area contributed by atoms with Crippen LogP contribution in [-0.4, -0.2) is 152 Å². The molecule has 3 fully saturated rings. The van der Waals surface area contributed by atoms with E-state index < -0.39 is 95.7 Å². The summed E-state index contributed by atoms with van der Waals surface area (Å²) in [7, 11) is 0. The van der Waals surface area contributed by atoms with Gasteiger partial charge in [-0.05, 0) is 110 Å². The molecule has 4 aromatic rings. The molecule has 88 heavy (non-hydrogen) atoms. The molecule has 1 aliphatic heterocycles. The number of hydrogen-bond donors (Lipinski definition) is 14. The Morgan fingerprint density at radius 1 is 0.602 bits per heavy atom. The average molecular weight is 1220 g/mol. The van der Waals surface area contributed by atoms with Crippen LogP contribution in [0.15, 0.2) is 89.2 Å². The number of carbonyl (C=O) groups is 8. The Bertz CT molecular complexity index is 3050. The van der Waals surface area contributed by atoms with Crippen LogP contribution in [-0.2, 0) is 57.6 Å². The van der Waals surface area contributed by atoms with Crippen LogP contribution in [0.2, 0.25) is 0 Å². The minimum atomic E-state index is -1.44. The largest absolute Gasteiger partial charge is 0.508 e. The van der Waals surface area contributed by atoms with Crippen molar-refractivity contribution in [2.45, 2.75) is 177 Å². The standard InChI is InChI=1S/C62H88N16O10/c63-45(31-39-21-24-40-14-7-8-17-42(40)30-39)53(80)72-47(19-10-28-70-62(66)67)55(82)77-52(41-15-5-2-6-16-41)59(86)78-29-11-20-51(78)58(85)75-48(32-37-12-3-1-4-13-37)56(83)74-49(34-43-35-68-36-71-43)57(84)73-46(18-9-27-69-61(64)65)54(81)76-50(60(87)88)33-38-22-25-44(79)26-23-38/h7-8,14,17,21-26,30,35-37,41,45-52,79H,1-6,9-13,15-16,18-20,27-29,31-34,63H2,(H,68,71)(H,72,80)(H,73,84)(H,74,83)(H,75,85)(H,76,81)(H,77,82)(H,87,88)(H4,64,65,69)(H4,66,67,70)/t45-,46-,47-,48-,49-,50-,51-,52?/m0/s1. The van der Waals surface area contributed by atoms with Crippen molar-refractivity contribution < 1.29 is 48.6 Å². The fourth-order valence-electron chi connectivity index (χ4n) is 12.1. The summed E-state index contributed by atoms with van der Waals surface area (Å²) in [6, 6.07) is 9.87. The molecule has 3 aliphatic rings. The molecule has 0 radical (unpaired) electrons. The molecule has 26 nitrogen and oxygen atoms in total. The second-order valence-corrected chi connectivity index (χ2v) is 23.5. The van der Waals surface area contributed by atoms with Crippen molar-refractivity contribution in [3.63, 3.8) is 0 Å². The van der Waals surface area contributed by atoms with E-state index in [1.165, 1.54) is 41.7 Å². The van der Waals surface area contributed by atoms with E-state index >= 15 is 4.79 Å². The Balaban J connectivity index is 1.09. The topological polar surface area (TPSA) is 436 Å². The van der Waals surface area contributed by atoms with Gasteiger partial charge in [-0.1, -0.05) is 106 Å². The lowest BCUT2D eigenvalue weighted by atomic mass is 9.83. The van der Waals surface area contributed by atoms with Gasteiger partial charge in [0.2, 0.25) is 41.4 Å². The fourth-order valence-corrected chi connectivity index (χ4v) is 12.1. The number of phenols is 1. The molecule has 1 saturated heterocycles. The number of nitrogens with two attached hydrogens (primary N) is 5. The highest BCUT2D eigenvalue weighted by Crippen LogP contribution is 2.31. The van der Waals surface area contributed by atoms with Crippen LogP contribution in [0.5, 0.6) is 5.75 Å². The molecule has 0 bridgehead atoms. The molecule has 0 spiro atoms. The van der Waals surface area contributed by atoms with Gasteiger partial charge in [0.25, 0.3) is 0 Å². The van der Waals surface area contributed by atoms with Gasteiger partial charge in [0.1, 0.15) is 48.0 Å². The number of guanidine groups is 2. The number of carbonyl (C=O) groups excluding carboxylic acids is 7. The molecule has 2 heterocycles. The van der Waals surface area contributed by atoms with Crippen LogP contribution in [0.1, 0.15) is 126 Å². The van der Waals surface area contributed by atoms with E-state index in [1.807, 2.05) is 42.5 Å². The molecular formula is C62H88N16O10. The Kier molecular flexibility index (Phi) is 25.3. The first-order chi connectivity index (χ1) is 42.3. The van der Waals surface area contributed by atoms with Crippen molar-refractivity contribution in [3.05, 3.63) is 96.1 Å². The summed E-state index contributed by atoms with van der Waals surface area (Å²) < 4.78 is 0. The summed E-state index contributed by atoms with van der Waals surface area (Å²) in [4.78, 5) is 131. The Morgan fingerprint density at radius 2 is 1.17 bits per heavy atom. The first-order valence-electron chi connectivity index (χ1n) is 30.8. The number of aromatic nitrogens is 2. The molecule has 1 unspecified atom stereocenters. The number of H-pyrrole nitrogens is 1. The number of imidazole rings is 1. The zero-order valence-corrected chi connectivity index (χ0v) is 49.9. The summed E-state index contributed by atoms with van der Waals surface area (Å²) in [5.74, 6) is -6.53. The third-order valence-electron chi connectivity index (χ3n) is 16.8. The van der Waals surface area contributed by atoms with E-state index in [-0.39, 0.29) is 101 Å². The number of aromatic hydroxyl groups is 1. The predicted molar refractivity (Wildman–Crippen MR) is 331 cm³/mol. The minimum absolute atomic E-state index is 0.0278. The number of rotatable bonds is 31. The molecule has 26 heteroatoms. The van der Waals surface area contributed by atoms with Crippen molar-refractivity contribution in [3.8, 4) is 5.75 Å². The maximum Gasteiger partial charge on any atom is 0.326 e. The number of carboxylic acid groups (broad SMARTS) is 1. The highest BCUT2D eigenvalue weighted by atomic mass is 16.4. The maximum atomic E-state index is 15.2. The highest BCUT2D eigenvalue weighted by Gasteiger charge is 2.43. The number of likely N-dealkylation sites (tertiary alicyclic amines) is 1. The number of benzene rings is 3. The molecule has 2 saturated carbocycles. The number of nitrogens with one attached hydrogen (secondary N) is 7. The second kappa shape index (κ2) is 33.4. The van der Waals surface area contributed by atoms with Crippen molar-refractivity contribution in [1.29, 1.82) is 0 Å². The first kappa shape index (κ1) is 66.7. The summed E-state index contributed by atoms with van der Waals surface area (Å²) in [5, 5.41) is 38.9. The van der Waals surface area contributed by atoms with Gasteiger partial charge in [0, 0.05) is 44.4 Å². The fraction of sp³-hybridized carbons (Fsp3) is 0.532. The van der Waals surface area contributed by atoms with Gasteiger partial charge in [0.15, 0.2) is 11.9 Å². The Morgan fingerprint density at radius 3 is 1.80 bits per heavy atom. The van der Waals surface area contributed by atoms with Crippen LogP contribution >= 0.6 is 0 Å². The molecule has 19 N–H and O–H groups in total. The lowest BCUT2D eigenvalue weighted by Crippen LogP contribution is -2.61. The number of amides is 7. The van der Waals surface area contributed by atoms with Crippen LogP contribution < -0.4 is 60.6 Å². The Labute approximate surface area is 512 Å². The second-order valence-electron chi connectivity index (χ2n) is 23.5. The summed E-state index contributed by atoms with van der Waals surface area (Å²) in [6.45, 7) is 0.429. The van der Waals surface area contributed by atoms with E-state index in [2.05, 4.69) is 51.9 Å². The van der Waals surface area contributed by atoms with Gasteiger partial charge >= 0.3 is 5.97 Å². The molecule has 7 amide bonds. The van der Waals surface area contributed by atoms with Gasteiger partial charge < -0.3 is 80.7 Å². The van der Waals surface area contributed by atoms with Gasteiger partial charge in [0.05, 0.1) is 12.4 Å². The van der Waals surface area contributed by atoms with Crippen LogP contribution in [0, 0.1) is 11.8 Å². The number of aliphatic carboxylic acids is 1. The third-order valence-corrected chi connectivity index (χ3v) is 16.8. The Hall–Kier alpha value is -8.81. The predicted octanol–water partition coefficient (Wildman–Crippen LogP) is 1.27.